The van der Waals surface area contributed by atoms with E-state index in [4.69, 9.17) is 0 Å². The van der Waals surface area contributed by atoms with Crippen molar-refractivity contribution in [1.29, 1.82) is 0 Å². The molecule has 1 aliphatic heterocycles. The average Bonchev–Trinajstić information content (AvgIpc) is 1.95. The highest BCUT2D eigenvalue weighted by atomic mass is 16.4. The summed E-state index contributed by atoms with van der Waals surface area (Å²) in [5.74, 6) is 0.681. The van der Waals surface area contributed by atoms with Crippen LogP contribution in [0.5, 0.6) is 0 Å². The molecule has 0 aromatic rings. The van der Waals surface area contributed by atoms with Crippen molar-refractivity contribution in [2.24, 2.45) is 5.92 Å². The van der Waals surface area contributed by atoms with Crippen molar-refractivity contribution in [1.82, 2.24) is 0 Å². The molecule has 64 valence electrons. The number of amides is 1. The summed E-state index contributed by atoms with van der Waals surface area (Å²) in [5.41, 5.74) is 0. The molecule has 3 heteroatoms. The molecule has 0 aromatic heterocycles. The SMILES string of the molecule is CC1CC[N+](C)(C(=O)[O-])CC1. The van der Waals surface area contributed by atoms with E-state index in [1.165, 1.54) is 0 Å². The number of hydrogen-bond acceptors (Lipinski definition) is 2. The molecule has 0 aromatic carbocycles. The van der Waals surface area contributed by atoms with Crippen LogP contribution < -0.4 is 5.11 Å². The van der Waals surface area contributed by atoms with Crippen molar-refractivity contribution < 1.29 is 14.4 Å². The number of carbonyl (C=O) groups excluding carboxylic acids is 1. The lowest BCUT2D eigenvalue weighted by Crippen LogP contribution is -2.59. The van der Waals surface area contributed by atoms with Gasteiger partial charge in [-0.25, -0.2) is 0 Å². The first-order chi connectivity index (χ1) is 5.04. The number of carboxylic acid groups (broad SMARTS) is 1. The van der Waals surface area contributed by atoms with Crippen molar-refractivity contribution in [3.8, 4) is 0 Å². The van der Waals surface area contributed by atoms with Crippen molar-refractivity contribution in [2.45, 2.75) is 19.8 Å². The molecule has 0 N–H and O–H groups in total. The zero-order valence-electron chi connectivity index (χ0n) is 7.17. The van der Waals surface area contributed by atoms with Crippen LogP contribution in [-0.4, -0.2) is 30.7 Å². The maximum absolute atomic E-state index is 10.6. The van der Waals surface area contributed by atoms with E-state index in [1.54, 1.807) is 7.05 Å². The predicted molar refractivity (Wildman–Crippen MR) is 39.7 cm³/mol. The maximum Gasteiger partial charge on any atom is 0.257 e. The van der Waals surface area contributed by atoms with E-state index in [0.29, 0.717) is 5.92 Å². The quantitative estimate of drug-likeness (QED) is 0.471. The summed E-state index contributed by atoms with van der Waals surface area (Å²) in [6.45, 7) is 3.62. The van der Waals surface area contributed by atoms with E-state index in [1.807, 2.05) is 0 Å². The van der Waals surface area contributed by atoms with Gasteiger partial charge in [0.25, 0.3) is 6.09 Å². The molecule has 0 spiro atoms. The molecule has 0 aliphatic carbocycles. The molecule has 1 saturated heterocycles. The Morgan fingerprint density at radius 3 is 2.27 bits per heavy atom. The predicted octanol–water partition coefficient (Wildman–Crippen LogP) is 0.206. The molecule has 1 heterocycles. The first-order valence-corrected chi connectivity index (χ1v) is 4.11. The Bertz CT molecular complexity index is 159. The Morgan fingerprint density at radius 1 is 1.45 bits per heavy atom. The monoisotopic (exact) mass is 157 g/mol. The summed E-state index contributed by atoms with van der Waals surface area (Å²) in [4.78, 5) is 10.6. The number of rotatable bonds is 0. The molecule has 0 bridgehead atoms. The molecular formula is C8H15NO2. The second-order valence-corrected chi connectivity index (χ2v) is 3.79. The third-order valence-electron chi connectivity index (χ3n) is 2.67. The van der Waals surface area contributed by atoms with Crippen LogP contribution >= 0.6 is 0 Å². The minimum absolute atomic E-state index is 0.102. The molecule has 0 radical (unpaired) electrons. The number of quaternary nitrogens is 1. The van der Waals surface area contributed by atoms with E-state index in [9.17, 15) is 9.90 Å². The van der Waals surface area contributed by atoms with Crippen LogP contribution in [0.2, 0.25) is 0 Å². The zero-order chi connectivity index (χ0) is 8.48. The minimum Gasteiger partial charge on any atom is -0.498 e. The van der Waals surface area contributed by atoms with Gasteiger partial charge in [-0.1, -0.05) is 6.92 Å². The van der Waals surface area contributed by atoms with Crippen molar-refractivity contribution in [3.63, 3.8) is 0 Å². The van der Waals surface area contributed by atoms with Gasteiger partial charge in [0.2, 0.25) is 0 Å². The second-order valence-electron chi connectivity index (χ2n) is 3.79. The number of piperidine rings is 1. The molecule has 1 rings (SSSR count). The summed E-state index contributed by atoms with van der Waals surface area (Å²) >= 11 is 0. The van der Waals surface area contributed by atoms with Crippen LogP contribution in [0.4, 0.5) is 4.79 Å². The minimum atomic E-state index is -0.933. The van der Waals surface area contributed by atoms with Crippen LogP contribution in [0.15, 0.2) is 0 Å². The molecule has 3 nitrogen and oxygen atoms in total. The van der Waals surface area contributed by atoms with E-state index in [2.05, 4.69) is 6.92 Å². The number of likely N-dealkylation sites (tertiary alicyclic amines) is 1. The van der Waals surface area contributed by atoms with Gasteiger partial charge < -0.3 is 9.90 Å². The normalized spacial score (nSPS) is 38.5. The standard InChI is InChI=1S/C8H15NO2/c1-7-3-5-9(2,6-4-7)8(10)11/h7H,3-6H2,1-2H3. The first kappa shape index (κ1) is 8.53. The summed E-state index contributed by atoms with van der Waals surface area (Å²) in [5, 5.41) is 10.6. The van der Waals surface area contributed by atoms with E-state index in [0.717, 1.165) is 25.9 Å². The Kier molecular flexibility index (Phi) is 2.18. The van der Waals surface area contributed by atoms with Crippen LogP contribution in [-0.2, 0) is 0 Å². The molecule has 1 aliphatic rings. The topological polar surface area (TPSA) is 40.1 Å². The van der Waals surface area contributed by atoms with Crippen LogP contribution in [0.1, 0.15) is 19.8 Å². The van der Waals surface area contributed by atoms with Crippen LogP contribution in [0.25, 0.3) is 0 Å². The van der Waals surface area contributed by atoms with Crippen LogP contribution in [0.3, 0.4) is 0 Å². The maximum atomic E-state index is 10.6. The summed E-state index contributed by atoms with van der Waals surface area (Å²) in [6.07, 6.45) is 1.08. The van der Waals surface area contributed by atoms with Gasteiger partial charge in [-0.05, 0) is 18.8 Å². The third kappa shape index (κ3) is 1.71. The molecule has 0 atom stereocenters. The highest BCUT2D eigenvalue weighted by molar-refractivity contribution is 5.53. The Morgan fingerprint density at radius 2 is 1.91 bits per heavy atom. The third-order valence-corrected chi connectivity index (χ3v) is 2.67. The molecule has 0 saturated carbocycles. The fraction of sp³-hybridized carbons (Fsp3) is 0.875. The van der Waals surface area contributed by atoms with Crippen molar-refractivity contribution in [3.05, 3.63) is 0 Å². The van der Waals surface area contributed by atoms with E-state index < -0.39 is 6.09 Å². The summed E-state index contributed by atoms with van der Waals surface area (Å²) in [6, 6.07) is 0. The van der Waals surface area contributed by atoms with Crippen molar-refractivity contribution in [2.75, 3.05) is 20.1 Å². The number of hydrogen-bond donors (Lipinski definition) is 0. The smallest absolute Gasteiger partial charge is 0.257 e. The Hall–Kier alpha value is -0.570. The zero-order valence-corrected chi connectivity index (χ0v) is 7.17. The lowest BCUT2D eigenvalue weighted by molar-refractivity contribution is -0.863. The average molecular weight is 157 g/mol. The Labute approximate surface area is 67.2 Å². The summed E-state index contributed by atoms with van der Waals surface area (Å²) < 4.78 is 0.102. The van der Waals surface area contributed by atoms with Gasteiger partial charge in [-0.2, -0.15) is 0 Å². The molecule has 0 unspecified atom stereocenters. The fourth-order valence-corrected chi connectivity index (χ4v) is 1.45. The Balaban J connectivity index is 2.55. The highest BCUT2D eigenvalue weighted by Crippen LogP contribution is 2.20. The van der Waals surface area contributed by atoms with Gasteiger partial charge in [-0.3, -0.25) is 4.48 Å². The lowest BCUT2D eigenvalue weighted by atomic mass is 9.98. The van der Waals surface area contributed by atoms with Gasteiger partial charge in [-0.15, -0.1) is 0 Å². The van der Waals surface area contributed by atoms with Crippen molar-refractivity contribution >= 4 is 6.09 Å². The fourth-order valence-electron chi connectivity index (χ4n) is 1.45. The second kappa shape index (κ2) is 2.81. The molecular weight excluding hydrogens is 142 g/mol. The highest BCUT2D eigenvalue weighted by Gasteiger charge is 2.29. The largest absolute Gasteiger partial charge is 0.498 e. The van der Waals surface area contributed by atoms with E-state index >= 15 is 0 Å². The van der Waals surface area contributed by atoms with Gasteiger partial charge >= 0.3 is 0 Å². The number of carbonyl (C=O) groups is 1. The van der Waals surface area contributed by atoms with Gasteiger partial charge in [0.15, 0.2) is 0 Å². The van der Waals surface area contributed by atoms with Crippen LogP contribution in [0, 0.1) is 5.92 Å². The van der Waals surface area contributed by atoms with E-state index in [-0.39, 0.29) is 4.48 Å². The first-order valence-electron chi connectivity index (χ1n) is 4.11. The lowest BCUT2D eigenvalue weighted by Gasteiger charge is -2.38. The molecule has 11 heavy (non-hydrogen) atoms. The van der Waals surface area contributed by atoms with Gasteiger partial charge in [0.1, 0.15) is 0 Å². The number of nitrogens with zero attached hydrogens (tertiary/aromatic N) is 1. The van der Waals surface area contributed by atoms with Gasteiger partial charge in [0, 0.05) is 0 Å². The summed E-state index contributed by atoms with van der Waals surface area (Å²) in [7, 11) is 1.74. The molecule has 1 fully saturated rings. The molecule has 1 amide bonds. The van der Waals surface area contributed by atoms with Gasteiger partial charge in [0.05, 0.1) is 20.1 Å².